The first-order valence-electron chi connectivity index (χ1n) is 4.44. The molecule has 0 heterocycles. The van der Waals surface area contributed by atoms with Crippen LogP contribution in [-0.2, 0) is 15.8 Å². The highest BCUT2D eigenvalue weighted by Gasteiger charge is 2.31. The molecule has 1 rings (SSSR count). The van der Waals surface area contributed by atoms with Gasteiger partial charge in [-0.1, -0.05) is 12.2 Å². The molecule has 0 aromatic rings. The molecular formula is C10H16O3S. The topological polar surface area (TPSA) is 46.5 Å². The third-order valence-electron chi connectivity index (χ3n) is 2.99. The van der Waals surface area contributed by atoms with Crippen LogP contribution in [0.1, 0.15) is 20.8 Å². The Kier molecular flexibility index (Phi) is 3.29. The summed E-state index contributed by atoms with van der Waals surface area (Å²) in [6.45, 7) is 5.75. The predicted molar refractivity (Wildman–Crippen MR) is 57.5 cm³/mol. The lowest BCUT2D eigenvalue weighted by molar-refractivity contribution is 0.0779. The molecule has 0 radical (unpaired) electrons. The van der Waals surface area contributed by atoms with Crippen molar-refractivity contribution in [1.82, 2.24) is 0 Å². The monoisotopic (exact) mass is 216 g/mol. The van der Waals surface area contributed by atoms with Gasteiger partial charge in [-0.05, 0) is 31.9 Å². The van der Waals surface area contributed by atoms with Crippen molar-refractivity contribution < 1.29 is 13.5 Å². The van der Waals surface area contributed by atoms with Gasteiger partial charge in [-0.15, -0.1) is 0 Å². The van der Waals surface area contributed by atoms with Crippen LogP contribution < -0.4 is 0 Å². The number of methoxy groups -OCH3 is 1. The lowest BCUT2D eigenvalue weighted by Gasteiger charge is -2.32. The predicted octanol–water partition coefficient (Wildman–Crippen LogP) is 1.89. The number of hydrogen-bond acceptors (Lipinski definition) is 2. The van der Waals surface area contributed by atoms with E-state index >= 15 is 0 Å². The molecule has 4 heteroatoms. The fourth-order valence-corrected chi connectivity index (χ4v) is 2.28. The van der Waals surface area contributed by atoms with Gasteiger partial charge in [0.15, 0.2) is 11.1 Å². The average Bonchev–Trinajstić information content (AvgIpc) is 2.14. The minimum atomic E-state index is -1.84. The maximum Gasteiger partial charge on any atom is 0.164 e. The van der Waals surface area contributed by atoms with E-state index in [9.17, 15) is 4.21 Å². The van der Waals surface area contributed by atoms with E-state index in [2.05, 4.69) is 0 Å². The van der Waals surface area contributed by atoms with E-state index < -0.39 is 21.9 Å². The molecule has 1 aliphatic carbocycles. The third kappa shape index (κ3) is 1.82. The summed E-state index contributed by atoms with van der Waals surface area (Å²) < 4.78 is 25.4. The first kappa shape index (κ1) is 11.6. The van der Waals surface area contributed by atoms with Gasteiger partial charge in [0.1, 0.15) is 5.60 Å². The van der Waals surface area contributed by atoms with Crippen molar-refractivity contribution in [3.8, 4) is 0 Å². The van der Waals surface area contributed by atoms with E-state index in [1.54, 1.807) is 13.2 Å². The van der Waals surface area contributed by atoms with Crippen LogP contribution >= 0.6 is 0 Å². The molecule has 3 atom stereocenters. The van der Waals surface area contributed by atoms with Crippen LogP contribution in [0, 0.1) is 0 Å². The normalized spacial score (nSPS) is 34.8. The van der Waals surface area contributed by atoms with Crippen LogP contribution in [-0.4, -0.2) is 26.7 Å². The van der Waals surface area contributed by atoms with Crippen LogP contribution in [0.25, 0.3) is 0 Å². The van der Waals surface area contributed by atoms with Gasteiger partial charge in [0.25, 0.3) is 0 Å². The summed E-state index contributed by atoms with van der Waals surface area (Å²) in [7, 11) is 1.64. The van der Waals surface area contributed by atoms with Crippen molar-refractivity contribution in [2.75, 3.05) is 7.11 Å². The largest absolute Gasteiger partial charge is 0.370 e. The molecule has 0 aliphatic heterocycles. The van der Waals surface area contributed by atoms with Gasteiger partial charge in [0.2, 0.25) is 0 Å². The smallest absolute Gasteiger partial charge is 0.164 e. The number of rotatable bonds is 2. The maximum absolute atomic E-state index is 11.0. The fraction of sp³-hybridized carbons (Fsp3) is 0.600. The first-order valence-corrected chi connectivity index (χ1v) is 5.61. The molecule has 3 nitrogen and oxygen atoms in total. The standard InChI is InChI=1S/C10H16O3S/c1-7-8(2)10(3,13-4)6-5-9(7)14(11)12/h5-6,9H,1-4H3,(H,11,12). The summed E-state index contributed by atoms with van der Waals surface area (Å²) in [6.07, 6.45) is 3.58. The summed E-state index contributed by atoms with van der Waals surface area (Å²) in [6, 6.07) is 0. The second-order valence-electron chi connectivity index (χ2n) is 3.68. The van der Waals surface area contributed by atoms with Crippen LogP contribution in [0.4, 0.5) is 0 Å². The van der Waals surface area contributed by atoms with E-state index in [4.69, 9.17) is 9.29 Å². The van der Waals surface area contributed by atoms with Crippen molar-refractivity contribution in [2.45, 2.75) is 31.6 Å². The summed E-state index contributed by atoms with van der Waals surface area (Å²) in [4.78, 5) is 0. The van der Waals surface area contributed by atoms with E-state index in [1.165, 1.54) is 0 Å². The van der Waals surface area contributed by atoms with Crippen molar-refractivity contribution in [3.05, 3.63) is 23.3 Å². The minimum Gasteiger partial charge on any atom is -0.370 e. The molecular weight excluding hydrogens is 200 g/mol. The zero-order chi connectivity index (χ0) is 10.9. The second kappa shape index (κ2) is 3.96. The van der Waals surface area contributed by atoms with Gasteiger partial charge in [0.05, 0.1) is 5.25 Å². The highest BCUT2D eigenvalue weighted by Crippen LogP contribution is 2.32. The molecule has 0 aromatic carbocycles. The van der Waals surface area contributed by atoms with Gasteiger partial charge < -0.3 is 9.29 Å². The Morgan fingerprint density at radius 2 is 2.14 bits per heavy atom. The summed E-state index contributed by atoms with van der Waals surface area (Å²) in [5, 5.41) is -0.391. The Labute approximate surface area is 87.1 Å². The van der Waals surface area contributed by atoms with E-state index in [1.807, 2.05) is 26.8 Å². The van der Waals surface area contributed by atoms with Gasteiger partial charge >= 0.3 is 0 Å². The van der Waals surface area contributed by atoms with Crippen LogP contribution in [0.3, 0.4) is 0 Å². The first-order chi connectivity index (χ1) is 6.42. The molecule has 0 aromatic heterocycles. The summed E-state index contributed by atoms with van der Waals surface area (Å²) >= 11 is -1.84. The average molecular weight is 216 g/mol. The molecule has 1 aliphatic rings. The Hall–Kier alpha value is -0.450. The van der Waals surface area contributed by atoms with Crippen molar-refractivity contribution in [1.29, 1.82) is 0 Å². The molecule has 1 N–H and O–H groups in total. The van der Waals surface area contributed by atoms with Crippen LogP contribution in [0.5, 0.6) is 0 Å². The number of hydrogen-bond donors (Lipinski definition) is 1. The van der Waals surface area contributed by atoms with Crippen LogP contribution in [0.2, 0.25) is 0 Å². The zero-order valence-corrected chi connectivity index (χ0v) is 9.72. The Bertz CT molecular complexity index is 319. The van der Waals surface area contributed by atoms with E-state index in [0.29, 0.717) is 0 Å². The van der Waals surface area contributed by atoms with E-state index in [0.717, 1.165) is 11.1 Å². The van der Waals surface area contributed by atoms with Crippen molar-refractivity contribution in [2.24, 2.45) is 0 Å². The molecule has 0 saturated carbocycles. The molecule has 0 amide bonds. The van der Waals surface area contributed by atoms with E-state index in [-0.39, 0.29) is 0 Å². The minimum absolute atomic E-state index is 0.391. The highest BCUT2D eigenvalue weighted by molar-refractivity contribution is 7.80. The van der Waals surface area contributed by atoms with Crippen LogP contribution in [0.15, 0.2) is 23.3 Å². The van der Waals surface area contributed by atoms with Gasteiger partial charge in [-0.2, -0.15) is 0 Å². The quantitative estimate of drug-likeness (QED) is 0.566. The van der Waals surface area contributed by atoms with Gasteiger partial charge in [-0.25, -0.2) is 4.21 Å². The lowest BCUT2D eigenvalue weighted by Crippen LogP contribution is -2.33. The SMILES string of the molecule is COC1(C)C=CC(S(=O)O)C(C)=C1C. The molecule has 3 unspecified atom stereocenters. The molecule has 80 valence electrons. The molecule has 0 bridgehead atoms. The molecule has 0 saturated heterocycles. The van der Waals surface area contributed by atoms with Gasteiger partial charge in [-0.3, -0.25) is 0 Å². The van der Waals surface area contributed by atoms with Gasteiger partial charge in [0, 0.05) is 7.11 Å². The molecule has 0 fully saturated rings. The summed E-state index contributed by atoms with van der Waals surface area (Å²) in [5.41, 5.74) is 1.49. The molecule has 14 heavy (non-hydrogen) atoms. The zero-order valence-electron chi connectivity index (χ0n) is 8.90. The number of ether oxygens (including phenoxy) is 1. The maximum atomic E-state index is 11.0. The van der Waals surface area contributed by atoms with Crippen molar-refractivity contribution in [3.63, 3.8) is 0 Å². The summed E-state index contributed by atoms with van der Waals surface area (Å²) in [5.74, 6) is 0. The molecule has 0 spiro atoms. The Morgan fingerprint density at radius 1 is 1.57 bits per heavy atom. The third-order valence-corrected chi connectivity index (χ3v) is 3.94. The second-order valence-corrected chi connectivity index (χ2v) is 4.74. The van der Waals surface area contributed by atoms with Crippen molar-refractivity contribution >= 4 is 11.1 Å². The lowest BCUT2D eigenvalue weighted by atomic mass is 9.86. The Balaban J connectivity index is 3.10. The fourth-order valence-electron chi connectivity index (χ4n) is 1.58. The Morgan fingerprint density at radius 3 is 2.57 bits per heavy atom. The highest BCUT2D eigenvalue weighted by atomic mass is 32.2.